The number of hydrogen-bond acceptors (Lipinski definition) is 3. The predicted molar refractivity (Wildman–Crippen MR) is 38.6 cm³/mol. The normalized spacial score (nSPS) is 15.7. The SMILES string of the molecule is O=C(O)C1=CN([N+](=O)[O-])CC=C1. The van der Waals surface area contributed by atoms with E-state index in [-0.39, 0.29) is 12.1 Å². The van der Waals surface area contributed by atoms with Crippen LogP contribution in [0.5, 0.6) is 0 Å². The van der Waals surface area contributed by atoms with Crippen molar-refractivity contribution >= 4 is 5.97 Å². The summed E-state index contributed by atoms with van der Waals surface area (Å²) >= 11 is 0. The summed E-state index contributed by atoms with van der Waals surface area (Å²) in [6.45, 7) is 0.101. The van der Waals surface area contributed by atoms with E-state index in [1.165, 1.54) is 12.2 Å². The first kappa shape index (κ1) is 8.25. The average molecular weight is 170 g/mol. The molecule has 0 aromatic carbocycles. The molecule has 0 unspecified atom stereocenters. The van der Waals surface area contributed by atoms with Gasteiger partial charge in [0.15, 0.2) is 5.03 Å². The van der Waals surface area contributed by atoms with E-state index in [1.54, 1.807) is 0 Å². The topological polar surface area (TPSA) is 83.7 Å². The van der Waals surface area contributed by atoms with E-state index >= 15 is 0 Å². The average Bonchev–Trinajstić information content (AvgIpc) is 2.04. The molecule has 1 rings (SSSR count). The molecule has 0 saturated carbocycles. The lowest BCUT2D eigenvalue weighted by Crippen LogP contribution is -2.27. The molecule has 0 aromatic heterocycles. The largest absolute Gasteiger partial charge is 0.478 e. The van der Waals surface area contributed by atoms with Gasteiger partial charge in [0.25, 0.3) is 0 Å². The summed E-state index contributed by atoms with van der Waals surface area (Å²) in [4.78, 5) is 20.5. The van der Waals surface area contributed by atoms with Crippen molar-refractivity contribution in [3.63, 3.8) is 0 Å². The van der Waals surface area contributed by atoms with Crippen molar-refractivity contribution in [3.05, 3.63) is 34.0 Å². The van der Waals surface area contributed by atoms with Crippen LogP contribution >= 0.6 is 0 Å². The van der Waals surface area contributed by atoms with Crippen LogP contribution in [0, 0.1) is 10.1 Å². The Kier molecular flexibility index (Phi) is 2.09. The molecule has 6 heteroatoms. The lowest BCUT2D eigenvalue weighted by molar-refractivity contribution is -0.637. The van der Waals surface area contributed by atoms with Crippen molar-refractivity contribution < 1.29 is 14.9 Å². The van der Waals surface area contributed by atoms with Gasteiger partial charge in [-0.05, 0) is 6.08 Å². The fourth-order valence-electron chi connectivity index (χ4n) is 0.784. The van der Waals surface area contributed by atoms with E-state index < -0.39 is 11.0 Å². The maximum atomic E-state index is 10.4. The summed E-state index contributed by atoms with van der Waals surface area (Å²) in [7, 11) is 0. The van der Waals surface area contributed by atoms with Crippen LogP contribution in [-0.2, 0) is 4.79 Å². The van der Waals surface area contributed by atoms with Crippen LogP contribution in [0.4, 0.5) is 0 Å². The summed E-state index contributed by atoms with van der Waals surface area (Å²) < 4.78 is 0. The molecule has 6 nitrogen and oxygen atoms in total. The third kappa shape index (κ3) is 1.60. The van der Waals surface area contributed by atoms with Crippen LogP contribution in [0.3, 0.4) is 0 Å². The summed E-state index contributed by atoms with van der Waals surface area (Å²) in [6.07, 6.45) is 3.75. The van der Waals surface area contributed by atoms with Gasteiger partial charge in [0.2, 0.25) is 0 Å². The quantitative estimate of drug-likeness (QED) is 0.466. The molecular weight excluding hydrogens is 164 g/mol. The second-order valence-electron chi connectivity index (χ2n) is 2.15. The van der Waals surface area contributed by atoms with Gasteiger partial charge in [0.1, 0.15) is 6.54 Å². The van der Waals surface area contributed by atoms with Crippen LogP contribution in [0.15, 0.2) is 23.9 Å². The van der Waals surface area contributed by atoms with E-state index in [2.05, 4.69) is 0 Å². The first-order chi connectivity index (χ1) is 5.61. The Balaban J connectivity index is 2.82. The highest BCUT2D eigenvalue weighted by Gasteiger charge is 2.16. The molecule has 0 amide bonds. The molecule has 0 atom stereocenters. The zero-order chi connectivity index (χ0) is 9.14. The Labute approximate surface area is 67.5 Å². The third-order valence-electron chi connectivity index (χ3n) is 1.33. The summed E-state index contributed by atoms with van der Waals surface area (Å²) in [5.41, 5.74) is -0.0852. The van der Waals surface area contributed by atoms with Gasteiger partial charge >= 0.3 is 5.97 Å². The van der Waals surface area contributed by atoms with Gasteiger partial charge in [-0.3, -0.25) is 0 Å². The minimum Gasteiger partial charge on any atom is -0.478 e. The molecular formula is C6H6N2O4. The molecule has 12 heavy (non-hydrogen) atoms. The number of hydrogen-bond donors (Lipinski definition) is 1. The number of nitro groups is 1. The molecule has 1 heterocycles. The maximum Gasteiger partial charge on any atom is 0.337 e. The molecule has 1 aliphatic heterocycles. The highest BCUT2D eigenvalue weighted by Crippen LogP contribution is 2.06. The number of carboxylic acid groups (broad SMARTS) is 1. The van der Waals surface area contributed by atoms with Crippen molar-refractivity contribution in [2.75, 3.05) is 6.54 Å². The second kappa shape index (κ2) is 3.04. The minimum absolute atomic E-state index is 0.0852. The molecule has 1 N–H and O–H groups in total. The van der Waals surface area contributed by atoms with Gasteiger partial charge in [-0.1, -0.05) is 11.1 Å². The summed E-state index contributed by atoms with van der Waals surface area (Å²) in [5.74, 6) is -1.17. The van der Waals surface area contributed by atoms with Crippen LogP contribution < -0.4 is 0 Å². The van der Waals surface area contributed by atoms with Crippen LogP contribution in [-0.4, -0.2) is 27.7 Å². The highest BCUT2D eigenvalue weighted by molar-refractivity contribution is 5.89. The summed E-state index contributed by atoms with van der Waals surface area (Å²) in [5, 5.41) is 18.7. The smallest absolute Gasteiger partial charge is 0.337 e. The number of carboxylic acids is 1. The van der Waals surface area contributed by atoms with E-state index in [9.17, 15) is 14.9 Å². The molecule has 64 valence electrons. The number of nitrogens with zero attached hydrogens (tertiary/aromatic N) is 2. The Morgan fingerprint density at radius 3 is 2.92 bits per heavy atom. The van der Waals surface area contributed by atoms with Crippen molar-refractivity contribution in [3.8, 4) is 0 Å². The predicted octanol–water partition coefficient (Wildman–Crippen LogP) is 0.0184. The molecule has 0 fully saturated rings. The van der Waals surface area contributed by atoms with Crippen LogP contribution in [0.2, 0.25) is 0 Å². The van der Waals surface area contributed by atoms with Gasteiger partial charge in [-0.25, -0.2) is 14.9 Å². The summed E-state index contributed by atoms with van der Waals surface area (Å²) in [6, 6.07) is 0. The number of rotatable bonds is 2. The maximum absolute atomic E-state index is 10.4. The molecule has 0 saturated heterocycles. The number of carbonyl (C=O) groups is 1. The minimum atomic E-state index is -1.17. The lowest BCUT2D eigenvalue weighted by Gasteiger charge is -2.10. The lowest BCUT2D eigenvalue weighted by atomic mass is 10.2. The molecule has 0 aliphatic carbocycles. The fourth-order valence-corrected chi connectivity index (χ4v) is 0.784. The van der Waals surface area contributed by atoms with E-state index in [0.717, 1.165) is 6.20 Å². The van der Waals surface area contributed by atoms with Crippen LogP contribution in [0.1, 0.15) is 0 Å². The number of aliphatic carboxylic acids is 1. The first-order valence-electron chi connectivity index (χ1n) is 3.14. The van der Waals surface area contributed by atoms with Crippen LogP contribution in [0.25, 0.3) is 0 Å². The Morgan fingerprint density at radius 1 is 1.75 bits per heavy atom. The highest BCUT2D eigenvalue weighted by atomic mass is 16.7. The molecule has 1 aliphatic rings. The van der Waals surface area contributed by atoms with Gasteiger partial charge in [-0.15, -0.1) is 0 Å². The van der Waals surface area contributed by atoms with Crippen molar-refractivity contribution in [1.82, 2.24) is 5.01 Å². The molecule has 0 radical (unpaired) electrons. The van der Waals surface area contributed by atoms with Gasteiger partial charge in [0, 0.05) is 0 Å². The fraction of sp³-hybridized carbons (Fsp3) is 0.167. The monoisotopic (exact) mass is 170 g/mol. The van der Waals surface area contributed by atoms with Crippen molar-refractivity contribution in [2.24, 2.45) is 0 Å². The van der Waals surface area contributed by atoms with Crippen molar-refractivity contribution in [2.45, 2.75) is 0 Å². The molecule has 0 bridgehead atoms. The molecule has 0 spiro atoms. The van der Waals surface area contributed by atoms with E-state index in [0.29, 0.717) is 5.01 Å². The van der Waals surface area contributed by atoms with Gasteiger partial charge in [0.05, 0.1) is 11.8 Å². The first-order valence-corrected chi connectivity index (χ1v) is 3.14. The van der Waals surface area contributed by atoms with E-state index in [4.69, 9.17) is 5.11 Å². The standard InChI is InChI=1S/C6H6N2O4/c9-6(10)5-2-1-3-7(4-5)8(11)12/h1-2,4H,3H2,(H,9,10). The Bertz CT molecular complexity index is 281. The third-order valence-corrected chi connectivity index (χ3v) is 1.33. The zero-order valence-electron chi connectivity index (χ0n) is 6.01. The van der Waals surface area contributed by atoms with Gasteiger partial charge in [-0.2, -0.15) is 0 Å². The zero-order valence-corrected chi connectivity index (χ0v) is 6.01. The Morgan fingerprint density at radius 2 is 2.42 bits per heavy atom. The molecule has 0 aromatic rings. The number of hydrazine groups is 1. The van der Waals surface area contributed by atoms with Crippen molar-refractivity contribution in [1.29, 1.82) is 0 Å². The van der Waals surface area contributed by atoms with Gasteiger partial charge < -0.3 is 5.11 Å². The van der Waals surface area contributed by atoms with E-state index in [1.807, 2.05) is 0 Å². The second-order valence-corrected chi connectivity index (χ2v) is 2.15. The Hall–Kier alpha value is -1.85.